The molecule has 19 heavy (non-hydrogen) atoms. The standard InChI is InChI=1S/C16H24GeO2/c1-5-17(6-2,7-3)15(13(4)16(18)19)14-11-9-8-10-12-14/h8-12H,5-7H2,1-4H3,(H,18,19)/b15-13-. The van der Waals surface area contributed by atoms with Crippen molar-refractivity contribution >= 4 is 23.6 Å². The van der Waals surface area contributed by atoms with Crippen molar-refractivity contribution < 1.29 is 9.90 Å². The second-order valence-electron chi connectivity index (χ2n) is 5.01. The molecule has 0 bridgehead atoms. The monoisotopic (exact) mass is 322 g/mol. The van der Waals surface area contributed by atoms with Crippen LogP contribution in [0.15, 0.2) is 35.9 Å². The van der Waals surface area contributed by atoms with Gasteiger partial charge in [-0.3, -0.25) is 0 Å². The van der Waals surface area contributed by atoms with Crippen LogP contribution in [0, 0.1) is 0 Å². The number of hydrogen-bond acceptors (Lipinski definition) is 1. The Morgan fingerprint density at radius 1 is 1.05 bits per heavy atom. The third-order valence-electron chi connectivity index (χ3n) is 4.32. The summed E-state index contributed by atoms with van der Waals surface area (Å²) in [5.41, 5.74) is 1.67. The van der Waals surface area contributed by atoms with Gasteiger partial charge < -0.3 is 0 Å². The van der Waals surface area contributed by atoms with Gasteiger partial charge in [0.25, 0.3) is 0 Å². The van der Waals surface area contributed by atoms with E-state index in [1.807, 2.05) is 18.2 Å². The van der Waals surface area contributed by atoms with Gasteiger partial charge >= 0.3 is 118 Å². The van der Waals surface area contributed by atoms with Gasteiger partial charge in [0.2, 0.25) is 0 Å². The van der Waals surface area contributed by atoms with E-state index in [-0.39, 0.29) is 0 Å². The Morgan fingerprint density at radius 2 is 1.53 bits per heavy atom. The van der Waals surface area contributed by atoms with Crippen LogP contribution in [0.5, 0.6) is 0 Å². The fourth-order valence-electron chi connectivity index (χ4n) is 2.91. The number of carboxylic acids is 1. The Labute approximate surface area is 118 Å². The van der Waals surface area contributed by atoms with Gasteiger partial charge in [0.15, 0.2) is 0 Å². The van der Waals surface area contributed by atoms with Gasteiger partial charge in [0.05, 0.1) is 0 Å². The molecule has 0 amide bonds. The Bertz CT molecular complexity index is 451. The van der Waals surface area contributed by atoms with Crippen LogP contribution in [0.2, 0.25) is 15.8 Å². The van der Waals surface area contributed by atoms with Gasteiger partial charge in [0.1, 0.15) is 0 Å². The van der Waals surface area contributed by atoms with Crippen molar-refractivity contribution in [1.29, 1.82) is 0 Å². The zero-order valence-corrected chi connectivity index (χ0v) is 14.5. The normalized spacial score (nSPS) is 13.1. The summed E-state index contributed by atoms with van der Waals surface area (Å²) in [6.45, 7) is 8.45. The first-order valence-electron chi connectivity index (χ1n) is 7.02. The molecule has 1 N–H and O–H groups in total. The second-order valence-corrected chi connectivity index (χ2v) is 15.9. The summed E-state index contributed by atoms with van der Waals surface area (Å²) >= 11 is -2.30. The van der Waals surface area contributed by atoms with E-state index in [1.54, 1.807) is 6.92 Å². The summed E-state index contributed by atoms with van der Waals surface area (Å²) in [7, 11) is 0. The molecule has 0 atom stereocenters. The SMILES string of the molecule is C[CH2][Ge]([CH2]C)([CH2]C)/[C](=C(/C)C(=O)O)c1ccccc1. The molecular weight excluding hydrogens is 297 g/mol. The fraction of sp³-hybridized carbons (Fsp3) is 0.438. The van der Waals surface area contributed by atoms with Crippen LogP contribution in [0.3, 0.4) is 0 Å². The number of aliphatic carboxylic acids is 1. The molecular formula is C16H24GeO2. The molecule has 0 saturated heterocycles. The maximum atomic E-state index is 11.5. The van der Waals surface area contributed by atoms with Crippen LogP contribution in [0.4, 0.5) is 0 Å². The van der Waals surface area contributed by atoms with E-state index in [2.05, 4.69) is 32.9 Å². The second kappa shape index (κ2) is 6.94. The molecule has 0 unspecified atom stereocenters. The molecule has 0 aromatic heterocycles. The molecule has 1 aromatic carbocycles. The summed E-state index contributed by atoms with van der Waals surface area (Å²) in [5.74, 6) is -0.774. The van der Waals surface area contributed by atoms with E-state index in [1.165, 1.54) is 4.41 Å². The zero-order chi connectivity index (χ0) is 14.5. The summed E-state index contributed by atoms with van der Waals surface area (Å²) in [6.07, 6.45) is 0. The quantitative estimate of drug-likeness (QED) is 0.614. The molecule has 0 heterocycles. The summed E-state index contributed by atoms with van der Waals surface area (Å²) in [4.78, 5) is 11.5. The molecule has 2 nitrogen and oxygen atoms in total. The molecule has 1 rings (SSSR count). The van der Waals surface area contributed by atoms with Crippen LogP contribution in [-0.2, 0) is 4.79 Å². The molecule has 0 radical (unpaired) electrons. The Balaban J connectivity index is 3.54. The van der Waals surface area contributed by atoms with Crippen molar-refractivity contribution in [2.24, 2.45) is 0 Å². The van der Waals surface area contributed by atoms with Crippen molar-refractivity contribution in [3.63, 3.8) is 0 Å². The van der Waals surface area contributed by atoms with Crippen LogP contribution < -0.4 is 0 Å². The van der Waals surface area contributed by atoms with Crippen LogP contribution in [0.25, 0.3) is 4.41 Å². The van der Waals surface area contributed by atoms with Gasteiger partial charge in [-0.05, 0) is 0 Å². The number of carboxylic acid groups (broad SMARTS) is 1. The van der Waals surface area contributed by atoms with E-state index in [4.69, 9.17) is 0 Å². The van der Waals surface area contributed by atoms with E-state index >= 15 is 0 Å². The summed E-state index contributed by atoms with van der Waals surface area (Å²) in [6, 6.07) is 10.1. The van der Waals surface area contributed by atoms with Crippen molar-refractivity contribution in [1.82, 2.24) is 0 Å². The maximum absolute atomic E-state index is 11.5. The first-order chi connectivity index (χ1) is 9.02. The third kappa shape index (κ3) is 3.30. The van der Waals surface area contributed by atoms with Crippen molar-refractivity contribution in [3.05, 3.63) is 41.5 Å². The van der Waals surface area contributed by atoms with Crippen molar-refractivity contribution in [3.8, 4) is 0 Å². The molecule has 0 aliphatic heterocycles. The van der Waals surface area contributed by atoms with Gasteiger partial charge in [-0.2, -0.15) is 0 Å². The Kier molecular flexibility index (Phi) is 5.86. The van der Waals surface area contributed by atoms with Gasteiger partial charge in [-0.15, -0.1) is 0 Å². The molecule has 3 heteroatoms. The molecule has 0 aliphatic carbocycles. The zero-order valence-electron chi connectivity index (χ0n) is 12.4. The molecule has 1 aromatic rings. The van der Waals surface area contributed by atoms with E-state index in [9.17, 15) is 9.90 Å². The average molecular weight is 321 g/mol. The van der Waals surface area contributed by atoms with Crippen LogP contribution in [0.1, 0.15) is 33.3 Å². The first-order valence-corrected chi connectivity index (χ1v) is 12.5. The Hall–Kier alpha value is -1.03. The predicted molar refractivity (Wildman–Crippen MR) is 83.9 cm³/mol. The molecule has 104 valence electrons. The molecule has 0 aliphatic rings. The van der Waals surface area contributed by atoms with Gasteiger partial charge in [-0.25, -0.2) is 0 Å². The molecule has 0 spiro atoms. The van der Waals surface area contributed by atoms with E-state index in [0.717, 1.165) is 21.3 Å². The van der Waals surface area contributed by atoms with E-state index < -0.39 is 19.2 Å². The minimum absolute atomic E-state index is 0.553. The molecule has 0 saturated carbocycles. The Morgan fingerprint density at radius 3 is 1.89 bits per heavy atom. The number of hydrogen-bond donors (Lipinski definition) is 1. The number of rotatable bonds is 6. The van der Waals surface area contributed by atoms with Crippen molar-refractivity contribution in [2.75, 3.05) is 0 Å². The number of benzene rings is 1. The van der Waals surface area contributed by atoms with Crippen LogP contribution >= 0.6 is 0 Å². The van der Waals surface area contributed by atoms with E-state index in [0.29, 0.717) is 5.57 Å². The molecule has 0 fully saturated rings. The summed E-state index contributed by atoms with van der Waals surface area (Å²) in [5, 5.41) is 12.9. The van der Waals surface area contributed by atoms with Gasteiger partial charge in [-0.1, -0.05) is 0 Å². The van der Waals surface area contributed by atoms with Crippen molar-refractivity contribution in [2.45, 2.75) is 43.5 Å². The number of carbonyl (C=O) groups is 1. The summed E-state index contributed by atoms with van der Waals surface area (Å²) < 4.78 is 1.18. The topological polar surface area (TPSA) is 37.3 Å². The first kappa shape index (κ1) is 16.0. The third-order valence-corrected chi connectivity index (χ3v) is 16.5. The fourth-order valence-corrected chi connectivity index (χ4v) is 11.8. The van der Waals surface area contributed by atoms with Crippen LogP contribution in [-0.4, -0.2) is 24.3 Å². The predicted octanol–water partition coefficient (Wildman–Crippen LogP) is 4.59. The average Bonchev–Trinajstić information content (AvgIpc) is 2.45. The van der Waals surface area contributed by atoms with Gasteiger partial charge in [0, 0.05) is 0 Å². The minimum atomic E-state index is -2.30.